The molecule has 33 heavy (non-hydrogen) atoms. The Bertz CT molecular complexity index is 830. The maximum atomic E-state index is 13.2. The number of fused-ring (bicyclic) bond motifs is 7. The molecule has 0 amide bonds. The van der Waals surface area contributed by atoms with Crippen LogP contribution in [0.5, 0.6) is 0 Å². The Balaban J connectivity index is 1.51. The molecular weight excluding hydrogens is 408 g/mol. The van der Waals surface area contributed by atoms with Crippen LogP contribution < -0.4 is 0 Å². The molecule has 0 aromatic carbocycles. The van der Waals surface area contributed by atoms with Crippen LogP contribution in [0.3, 0.4) is 0 Å². The van der Waals surface area contributed by atoms with Crippen LogP contribution in [0.1, 0.15) is 98.8 Å². The zero-order chi connectivity index (χ0) is 24.0. The topological polar surface area (TPSA) is 46.5 Å². The molecule has 5 fully saturated rings. The second-order valence-corrected chi connectivity index (χ2v) is 14.1. The largest absolute Gasteiger partial charge is 0.469 e. The predicted molar refractivity (Wildman–Crippen MR) is 132 cm³/mol. The van der Waals surface area contributed by atoms with Gasteiger partial charge in [-0.25, -0.2) is 0 Å². The Morgan fingerprint density at radius 1 is 0.879 bits per heavy atom. The van der Waals surface area contributed by atoms with Gasteiger partial charge in [0.2, 0.25) is 0 Å². The summed E-state index contributed by atoms with van der Waals surface area (Å²) in [5, 5.41) is 10.9. The fraction of sp³-hybridized carbons (Fsp3) is 0.900. The van der Waals surface area contributed by atoms with E-state index in [0.717, 1.165) is 31.6 Å². The maximum absolute atomic E-state index is 13.2. The summed E-state index contributed by atoms with van der Waals surface area (Å²) in [6, 6.07) is 0. The third-order valence-electron chi connectivity index (χ3n) is 12.8. The molecule has 5 rings (SSSR count). The molecule has 3 heteroatoms. The third kappa shape index (κ3) is 2.99. The summed E-state index contributed by atoms with van der Waals surface area (Å²) in [6.45, 7) is 16.5. The molecule has 5 unspecified atom stereocenters. The van der Waals surface area contributed by atoms with E-state index in [1.165, 1.54) is 44.1 Å². The number of allylic oxidation sites excluding steroid dienone is 1. The van der Waals surface area contributed by atoms with E-state index in [1.807, 2.05) is 0 Å². The van der Waals surface area contributed by atoms with Crippen molar-refractivity contribution in [3.8, 4) is 0 Å². The van der Waals surface area contributed by atoms with E-state index in [9.17, 15) is 9.90 Å². The fourth-order valence-electron chi connectivity index (χ4n) is 11.4. The number of rotatable bonds is 2. The van der Waals surface area contributed by atoms with Gasteiger partial charge in [-0.2, -0.15) is 0 Å². The van der Waals surface area contributed by atoms with Gasteiger partial charge in [0.25, 0.3) is 0 Å². The number of hydrogen-bond acceptors (Lipinski definition) is 3. The molecule has 3 nitrogen and oxygen atoms in total. The molecule has 0 spiro atoms. The van der Waals surface area contributed by atoms with E-state index in [0.29, 0.717) is 40.4 Å². The van der Waals surface area contributed by atoms with Crippen molar-refractivity contribution in [1.82, 2.24) is 0 Å². The van der Waals surface area contributed by atoms with Crippen LogP contribution in [-0.4, -0.2) is 24.3 Å². The Kier molecular flexibility index (Phi) is 5.49. The first-order chi connectivity index (χ1) is 15.4. The maximum Gasteiger partial charge on any atom is 0.312 e. The van der Waals surface area contributed by atoms with Crippen LogP contribution in [0.2, 0.25) is 0 Å². The van der Waals surface area contributed by atoms with Crippen LogP contribution in [0.25, 0.3) is 0 Å². The van der Waals surface area contributed by atoms with Gasteiger partial charge in [0.05, 0.1) is 18.6 Å². The van der Waals surface area contributed by atoms with Crippen molar-refractivity contribution in [1.29, 1.82) is 0 Å². The molecule has 5 saturated carbocycles. The number of ether oxygens (including phenoxy) is 1. The fourth-order valence-corrected chi connectivity index (χ4v) is 11.4. The normalized spacial score (nSPS) is 52.6. The zero-order valence-electron chi connectivity index (χ0n) is 22.1. The van der Waals surface area contributed by atoms with Crippen LogP contribution in [0.4, 0.5) is 0 Å². The first-order valence-electron chi connectivity index (χ1n) is 13.9. The average Bonchev–Trinajstić information content (AvgIpc) is 3.17. The molecular formula is C30H48O3. The number of aliphatic hydroxyl groups excluding tert-OH is 1. The van der Waals surface area contributed by atoms with Crippen molar-refractivity contribution < 1.29 is 14.6 Å². The highest BCUT2D eigenvalue weighted by atomic mass is 16.5. The minimum Gasteiger partial charge on any atom is -0.469 e. The number of esters is 1. The summed E-state index contributed by atoms with van der Waals surface area (Å²) < 4.78 is 5.46. The molecule has 0 heterocycles. The van der Waals surface area contributed by atoms with Crippen molar-refractivity contribution in [2.24, 2.45) is 57.2 Å². The standard InChI is InChI=1S/C30H48O3/c1-18(2)19-10-16-30(26(32)33-7)17-11-21-20(25(19)30)8-9-23-28(21,5)14-12-22-27(3,4)24(31)13-15-29(22,23)6/h19-25,31H,1,8-17H2,2-7H3/t19-,20?,21?,22?,23?,24-,25?,28-,29-,30-/m0/s1. The molecule has 1 N–H and O–H groups in total. The first kappa shape index (κ1) is 23.9. The van der Waals surface area contributed by atoms with Gasteiger partial charge in [-0.15, -0.1) is 0 Å². The van der Waals surface area contributed by atoms with E-state index in [2.05, 4.69) is 41.2 Å². The van der Waals surface area contributed by atoms with E-state index in [1.54, 1.807) is 7.11 Å². The lowest BCUT2D eigenvalue weighted by Crippen LogP contribution is -2.63. The van der Waals surface area contributed by atoms with Gasteiger partial charge in [0, 0.05) is 0 Å². The minimum atomic E-state index is -0.277. The summed E-state index contributed by atoms with van der Waals surface area (Å²) in [5.74, 6) is 3.59. The zero-order valence-corrected chi connectivity index (χ0v) is 22.1. The molecule has 0 aliphatic heterocycles. The predicted octanol–water partition coefficient (Wildman–Crippen LogP) is 6.79. The lowest BCUT2D eigenvalue weighted by Gasteiger charge is -2.69. The average molecular weight is 457 g/mol. The van der Waals surface area contributed by atoms with E-state index >= 15 is 0 Å². The van der Waals surface area contributed by atoms with Crippen molar-refractivity contribution in [2.75, 3.05) is 7.11 Å². The van der Waals surface area contributed by atoms with Gasteiger partial charge in [-0.3, -0.25) is 4.79 Å². The lowest BCUT2D eigenvalue weighted by molar-refractivity contribution is -0.218. The van der Waals surface area contributed by atoms with Gasteiger partial charge in [0.1, 0.15) is 0 Å². The summed E-state index contributed by atoms with van der Waals surface area (Å²) in [5.41, 5.74) is 1.67. The monoisotopic (exact) mass is 456 g/mol. The van der Waals surface area contributed by atoms with E-state index in [4.69, 9.17) is 4.74 Å². The number of carbonyl (C=O) groups is 1. The summed E-state index contributed by atoms with van der Waals surface area (Å²) in [7, 11) is 1.59. The summed E-state index contributed by atoms with van der Waals surface area (Å²) in [6.07, 6.45) is 11.3. The highest BCUT2D eigenvalue weighted by Crippen LogP contribution is 2.73. The van der Waals surface area contributed by atoms with Gasteiger partial charge in [-0.05, 0) is 123 Å². The van der Waals surface area contributed by atoms with E-state index in [-0.39, 0.29) is 22.9 Å². The van der Waals surface area contributed by atoms with Crippen molar-refractivity contribution in [3.05, 3.63) is 12.2 Å². The number of hydrogen-bond donors (Lipinski definition) is 1. The van der Waals surface area contributed by atoms with Crippen molar-refractivity contribution >= 4 is 5.97 Å². The van der Waals surface area contributed by atoms with Gasteiger partial charge >= 0.3 is 5.97 Å². The Hall–Kier alpha value is -0.830. The summed E-state index contributed by atoms with van der Waals surface area (Å²) >= 11 is 0. The number of aliphatic hydroxyl groups is 1. The van der Waals surface area contributed by atoms with Crippen molar-refractivity contribution in [3.63, 3.8) is 0 Å². The molecule has 5 aliphatic rings. The van der Waals surface area contributed by atoms with Gasteiger partial charge < -0.3 is 9.84 Å². The molecule has 10 atom stereocenters. The Labute approximate surface area is 202 Å². The quantitative estimate of drug-likeness (QED) is 0.368. The van der Waals surface area contributed by atoms with Crippen LogP contribution >= 0.6 is 0 Å². The van der Waals surface area contributed by atoms with E-state index < -0.39 is 0 Å². The molecule has 186 valence electrons. The highest BCUT2D eigenvalue weighted by molar-refractivity contribution is 5.78. The van der Waals surface area contributed by atoms with Gasteiger partial charge in [0.15, 0.2) is 0 Å². The summed E-state index contributed by atoms with van der Waals surface area (Å²) in [4.78, 5) is 13.2. The Morgan fingerprint density at radius 2 is 1.55 bits per heavy atom. The molecule has 0 saturated heterocycles. The number of carbonyl (C=O) groups excluding carboxylic acids is 1. The molecule has 0 radical (unpaired) electrons. The van der Waals surface area contributed by atoms with Crippen LogP contribution in [0.15, 0.2) is 12.2 Å². The highest BCUT2D eigenvalue weighted by Gasteiger charge is 2.68. The Morgan fingerprint density at radius 3 is 2.21 bits per heavy atom. The van der Waals surface area contributed by atoms with Crippen LogP contribution in [-0.2, 0) is 9.53 Å². The van der Waals surface area contributed by atoms with Gasteiger partial charge in [-0.1, -0.05) is 39.8 Å². The second kappa shape index (κ2) is 7.58. The lowest BCUT2D eigenvalue weighted by atomic mass is 9.36. The molecule has 0 bridgehead atoms. The first-order valence-corrected chi connectivity index (χ1v) is 13.9. The van der Waals surface area contributed by atoms with Crippen LogP contribution in [0, 0.1) is 57.2 Å². The second-order valence-electron chi connectivity index (χ2n) is 14.1. The SMILES string of the molecule is C=C(C)[C@@H]1CC[C@]2(C(=O)OC)CCC3C(CCC4[C@@]3(C)CCC3C(C)(C)[C@@H](O)CC[C@@]34C)C12. The molecule has 5 aliphatic carbocycles. The number of methoxy groups -OCH3 is 1. The third-order valence-corrected chi connectivity index (χ3v) is 12.8. The molecule has 0 aromatic rings. The molecule has 0 aromatic heterocycles. The van der Waals surface area contributed by atoms with Crippen molar-refractivity contribution in [2.45, 2.75) is 105 Å². The smallest absolute Gasteiger partial charge is 0.312 e. The minimum absolute atomic E-state index is 0.00822.